The summed E-state index contributed by atoms with van der Waals surface area (Å²) < 4.78 is 5.48. The van der Waals surface area contributed by atoms with Crippen LogP contribution in [-0.4, -0.2) is 47.4 Å². The topological polar surface area (TPSA) is 95.9 Å². The molecule has 0 heterocycles. The highest BCUT2D eigenvalue weighted by Crippen LogP contribution is 2.20. The van der Waals surface area contributed by atoms with Gasteiger partial charge >= 0.3 is 5.97 Å². The maximum absolute atomic E-state index is 12.6. The van der Waals surface area contributed by atoms with Crippen molar-refractivity contribution in [3.63, 3.8) is 0 Å². The fraction of sp³-hybridized carbons (Fsp3) is 0.947. The molecule has 0 aliphatic heterocycles. The molecule has 0 aliphatic rings. The van der Waals surface area contributed by atoms with Gasteiger partial charge < -0.3 is 20.3 Å². The molecule has 0 aliphatic carbocycles. The van der Waals surface area contributed by atoms with E-state index in [-0.39, 0.29) is 18.5 Å². The number of aliphatic hydroxyl groups is 2. The van der Waals surface area contributed by atoms with Gasteiger partial charge in [0.2, 0.25) is 5.91 Å². The summed E-state index contributed by atoms with van der Waals surface area (Å²) >= 11 is 0. The first kappa shape index (κ1) is 80.6. The zero-order chi connectivity index (χ0) is 59.2. The number of nitrogens with one attached hydrogen (secondary N) is 1. The van der Waals surface area contributed by atoms with Crippen LogP contribution in [0.5, 0.6) is 0 Å². The van der Waals surface area contributed by atoms with Crippen molar-refractivity contribution in [1.29, 1.82) is 0 Å². The normalized spacial score (nSPS) is 12.5. The number of allylic oxidation sites excluding steroid dienone is 2. The molecule has 488 valence electrons. The number of ether oxygens (including phenoxy) is 1. The molecule has 1 amide bonds. The molecule has 0 saturated carbocycles. The number of amides is 1. The van der Waals surface area contributed by atoms with E-state index < -0.39 is 12.1 Å². The second-order valence-electron chi connectivity index (χ2n) is 26.3. The van der Waals surface area contributed by atoms with Gasteiger partial charge in [-0.3, -0.25) is 9.59 Å². The Kier molecular flexibility index (Phi) is 70.8. The molecule has 0 rings (SSSR count). The SMILES string of the molecule is CCCCCCCCCCCCCCCCCCCCCCCCCCC(O)C(CO)NC(=O)CCCCCCCCCCCCCCCC/C=C\CCCCCCCCCCCCCCOC(=O)CCCCCCCCCCCCC. The first-order valence-corrected chi connectivity index (χ1v) is 37.9. The lowest BCUT2D eigenvalue weighted by Gasteiger charge is -2.22. The zero-order valence-electron chi connectivity index (χ0n) is 56.0. The molecule has 3 N–H and O–H groups in total. The highest BCUT2D eigenvalue weighted by molar-refractivity contribution is 5.76. The van der Waals surface area contributed by atoms with E-state index in [2.05, 4.69) is 31.3 Å². The number of hydrogen-bond acceptors (Lipinski definition) is 5. The molecule has 0 saturated heterocycles. The van der Waals surface area contributed by atoms with Crippen LogP contribution < -0.4 is 5.32 Å². The van der Waals surface area contributed by atoms with Gasteiger partial charge in [0.15, 0.2) is 0 Å². The molecule has 0 aromatic rings. The molecule has 0 fully saturated rings. The summed E-state index contributed by atoms with van der Waals surface area (Å²) in [5.74, 6) is -0.00966. The van der Waals surface area contributed by atoms with E-state index in [1.54, 1.807) is 0 Å². The summed E-state index contributed by atoms with van der Waals surface area (Å²) in [7, 11) is 0. The van der Waals surface area contributed by atoms with Gasteiger partial charge in [0.25, 0.3) is 0 Å². The molecule has 0 spiro atoms. The standard InChI is InChI=1S/C76H149NO5/c1-3-5-7-9-11-13-15-16-17-18-19-20-21-30-33-36-39-42-45-49-52-56-60-64-68-74(79)73(72-78)77-75(80)69-65-61-57-53-50-46-43-40-37-34-31-28-26-24-22-23-25-27-29-32-35-38-41-44-47-51-55-59-63-67-71-82-76(81)70-66-62-58-54-48-14-12-10-8-6-4-2/h23,25,73-74,78-79H,3-22,24,26-72H2,1-2H3,(H,77,80)/b25-23-. The van der Waals surface area contributed by atoms with Gasteiger partial charge in [-0.1, -0.05) is 386 Å². The average Bonchev–Trinajstić information content (AvgIpc) is 3.48. The summed E-state index contributed by atoms with van der Waals surface area (Å²) in [6.45, 7) is 5.00. The van der Waals surface area contributed by atoms with Crippen molar-refractivity contribution >= 4 is 11.9 Å². The molecule has 0 aromatic carbocycles. The average molecular weight is 1160 g/mol. The van der Waals surface area contributed by atoms with E-state index in [1.165, 1.54) is 366 Å². The maximum atomic E-state index is 12.6. The van der Waals surface area contributed by atoms with E-state index in [1.807, 2.05) is 0 Å². The molecule has 2 unspecified atom stereocenters. The Morgan fingerprint density at radius 1 is 0.329 bits per heavy atom. The summed E-state index contributed by atoms with van der Waals surface area (Å²) in [6.07, 6.45) is 90.0. The highest BCUT2D eigenvalue weighted by atomic mass is 16.5. The van der Waals surface area contributed by atoms with Crippen LogP contribution >= 0.6 is 0 Å². The van der Waals surface area contributed by atoms with Crippen molar-refractivity contribution in [2.75, 3.05) is 13.2 Å². The number of carbonyl (C=O) groups excluding carboxylic acids is 2. The van der Waals surface area contributed by atoms with Crippen LogP contribution in [0.3, 0.4) is 0 Å². The lowest BCUT2D eigenvalue weighted by molar-refractivity contribution is -0.143. The lowest BCUT2D eigenvalue weighted by atomic mass is 10.0. The van der Waals surface area contributed by atoms with Gasteiger partial charge in [0, 0.05) is 12.8 Å². The predicted octanol–water partition coefficient (Wildman–Crippen LogP) is 24.7. The third-order valence-electron chi connectivity index (χ3n) is 18.1. The van der Waals surface area contributed by atoms with Gasteiger partial charge in [0.05, 0.1) is 25.4 Å². The summed E-state index contributed by atoms with van der Waals surface area (Å²) in [4.78, 5) is 24.6. The van der Waals surface area contributed by atoms with Crippen LogP contribution in [-0.2, 0) is 14.3 Å². The van der Waals surface area contributed by atoms with Gasteiger partial charge in [-0.15, -0.1) is 0 Å². The molecule has 2 atom stereocenters. The Morgan fingerprint density at radius 2 is 0.573 bits per heavy atom. The van der Waals surface area contributed by atoms with Gasteiger partial charge in [-0.25, -0.2) is 0 Å². The number of hydrogen-bond donors (Lipinski definition) is 3. The van der Waals surface area contributed by atoms with Crippen molar-refractivity contribution in [2.45, 2.75) is 450 Å². The van der Waals surface area contributed by atoms with Crippen molar-refractivity contribution in [3.05, 3.63) is 12.2 Å². The first-order valence-electron chi connectivity index (χ1n) is 37.9. The summed E-state index contributed by atoms with van der Waals surface area (Å²) in [6, 6.07) is -0.541. The predicted molar refractivity (Wildman–Crippen MR) is 361 cm³/mol. The van der Waals surface area contributed by atoms with Crippen LogP contribution in [0.2, 0.25) is 0 Å². The maximum Gasteiger partial charge on any atom is 0.305 e. The molecule has 0 radical (unpaired) electrons. The van der Waals surface area contributed by atoms with Crippen LogP contribution in [0.15, 0.2) is 12.2 Å². The third kappa shape index (κ3) is 67.7. The fourth-order valence-electron chi connectivity index (χ4n) is 12.3. The molecule has 82 heavy (non-hydrogen) atoms. The van der Waals surface area contributed by atoms with Crippen LogP contribution in [0, 0.1) is 0 Å². The Balaban J connectivity index is 3.37. The van der Waals surface area contributed by atoms with Crippen LogP contribution in [0.25, 0.3) is 0 Å². The highest BCUT2D eigenvalue weighted by Gasteiger charge is 2.20. The smallest absolute Gasteiger partial charge is 0.305 e. The first-order chi connectivity index (χ1) is 40.5. The molecular formula is C76H149NO5. The Bertz CT molecular complexity index is 1240. The second-order valence-corrected chi connectivity index (χ2v) is 26.3. The Labute approximate surface area is 514 Å². The number of unbranched alkanes of at least 4 members (excludes halogenated alkanes) is 59. The van der Waals surface area contributed by atoms with Crippen molar-refractivity contribution in [1.82, 2.24) is 5.32 Å². The fourth-order valence-corrected chi connectivity index (χ4v) is 12.3. The van der Waals surface area contributed by atoms with Crippen LogP contribution in [0.4, 0.5) is 0 Å². The van der Waals surface area contributed by atoms with E-state index in [0.717, 1.165) is 38.5 Å². The number of esters is 1. The second kappa shape index (κ2) is 72.1. The number of rotatable bonds is 72. The van der Waals surface area contributed by atoms with E-state index >= 15 is 0 Å². The summed E-state index contributed by atoms with van der Waals surface area (Å²) in [5.41, 5.74) is 0. The van der Waals surface area contributed by atoms with Gasteiger partial charge in [-0.05, 0) is 51.4 Å². The van der Waals surface area contributed by atoms with Gasteiger partial charge in [0.1, 0.15) is 0 Å². The Morgan fingerprint density at radius 3 is 0.866 bits per heavy atom. The van der Waals surface area contributed by atoms with Crippen molar-refractivity contribution < 1.29 is 24.5 Å². The molecule has 0 aromatic heterocycles. The summed E-state index contributed by atoms with van der Waals surface area (Å²) in [5, 5.41) is 23.5. The quantitative estimate of drug-likeness (QED) is 0.0320. The Hall–Kier alpha value is -1.40. The van der Waals surface area contributed by atoms with E-state index in [0.29, 0.717) is 25.9 Å². The minimum absolute atomic E-state index is 0.0179. The minimum atomic E-state index is -0.664. The molecular weight excluding hydrogens is 1010 g/mol. The van der Waals surface area contributed by atoms with E-state index in [9.17, 15) is 19.8 Å². The largest absolute Gasteiger partial charge is 0.466 e. The zero-order valence-corrected chi connectivity index (χ0v) is 56.0. The number of aliphatic hydroxyl groups excluding tert-OH is 2. The van der Waals surface area contributed by atoms with Crippen LogP contribution in [0.1, 0.15) is 438 Å². The molecule has 0 bridgehead atoms. The third-order valence-corrected chi connectivity index (χ3v) is 18.1. The number of carbonyl (C=O) groups is 2. The lowest BCUT2D eigenvalue weighted by Crippen LogP contribution is -2.45. The monoisotopic (exact) mass is 1160 g/mol. The van der Waals surface area contributed by atoms with Crippen molar-refractivity contribution in [2.24, 2.45) is 0 Å². The molecule has 6 heteroatoms. The van der Waals surface area contributed by atoms with E-state index in [4.69, 9.17) is 4.74 Å². The van der Waals surface area contributed by atoms with Gasteiger partial charge in [-0.2, -0.15) is 0 Å². The minimum Gasteiger partial charge on any atom is -0.466 e. The van der Waals surface area contributed by atoms with Crippen molar-refractivity contribution in [3.8, 4) is 0 Å². The molecule has 6 nitrogen and oxygen atoms in total.